The van der Waals surface area contributed by atoms with Crippen LogP contribution in [0.2, 0.25) is 0 Å². The fourth-order valence-corrected chi connectivity index (χ4v) is 5.16. The number of ether oxygens (including phenoxy) is 1. The third kappa shape index (κ3) is 5.02. The van der Waals surface area contributed by atoms with Crippen molar-refractivity contribution in [1.82, 2.24) is 9.62 Å². The maximum absolute atomic E-state index is 13.0. The Bertz CT molecular complexity index is 745. The molecular weight excluding hydrogens is 364 g/mol. The highest BCUT2D eigenvalue weighted by Gasteiger charge is 2.28. The van der Waals surface area contributed by atoms with Gasteiger partial charge in [-0.25, -0.2) is 8.42 Å². The third-order valence-corrected chi connectivity index (χ3v) is 7.00. The first-order chi connectivity index (χ1) is 12.7. The zero-order valence-electron chi connectivity index (χ0n) is 17.0. The van der Waals surface area contributed by atoms with Gasteiger partial charge in [0.05, 0.1) is 17.6 Å². The van der Waals surface area contributed by atoms with E-state index in [2.05, 4.69) is 33.0 Å². The quantitative estimate of drug-likeness (QED) is 0.767. The van der Waals surface area contributed by atoms with Gasteiger partial charge in [0.15, 0.2) is 0 Å². The molecule has 1 amide bonds. The highest BCUT2D eigenvalue weighted by atomic mass is 32.2. The standard InChI is InChI=1S/C20H32N2O4S/c1-14(2)19(15(3)4)21-20(23)17-13-16(9-10-18(17)26-5)27(24,25)22-11-7-6-8-12-22/h9-10,13-15,19H,6-8,11-12H2,1-5H3,(H,21,23). The third-order valence-electron chi connectivity index (χ3n) is 5.10. The lowest BCUT2D eigenvalue weighted by molar-refractivity contribution is 0.0907. The molecule has 1 heterocycles. The van der Waals surface area contributed by atoms with E-state index >= 15 is 0 Å². The molecule has 1 aromatic carbocycles. The second kappa shape index (κ2) is 9.06. The molecule has 1 aliphatic heterocycles. The predicted octanol–water partition coefficient (Wildman–Crippen LogP) is 3.28. The summed E-state index contributed by atoms with van der Waals surface area (Å²) in [5, 5.41) is 3.04. The molecule has 1 saturated heterocycles. The largest absolute Gasteiger partial charge is 0.496 e. The summed E-state index contributed by atoms with van der Waals surface area (Å²) < 4.78 is 32.7. The molecule has 1 aliphatic rings. The monoisotopic (exact) mass is 396 g/mol. The van der Waals surface area contributed by atoms with E-state index in [0.29, 0.717) is 18.8 Å². The molecule has 0 radical (unpaired) electrons. The van der Waals surface area contributed by atoms with Crippen LogP contribution in [0.5, 0.6) is 5.75 Å². The number of carbonyl (C=O) groups is 1. The number of benzene rings is 1. The summed E-state index contributed by atoms with van der Waals surface area (Å²) in [6, 6.07) is 4.51. The Balaban J connectivity index is 2.35. The number of amides is 1. The topological polar surface area (TPSA) is 75.7 Å². The van der Waals surface area contributed by atoms with Crippen molar-refractivity contribution in [3.63, 3.8) is 0 Å². The van der Waals surface area contributed by atoms with E-state index in [1.807, 2.05) is 0 Å². The first-order valence-corrected chi connectivity index (χ1v) is 11.1. The Hall–Kier alpha value is -1.60. The van der Waals surface area contributed by atoms with Crippen LogP contribution < -0.4 is 10.1 Å². The molecule has 7 heteroatoms. The number of sulfonamides is 1. The van der Waals surface area contributed by atoms with Crippen molar-refractivity contribution in [2.45, 2.75) is 57.9 Å². The van der Waals surface area contributed by atoms with E-state index in [0.717, 1.165) is 19.3 Å². The molecule has 27 heavy (non-hydrogen) atoms. The van der Waals surface area contributed by atoms with Crippen LogP contribution in [-0.2, 0) is 10.0 Å². The molecule has 0 saturated carbocycles. The maximum Gasteiger partial charge on any atom is 0.255 e. The van der Waals surface area contributed by atoms with E-state index in [-0.39, 0.29) is 34.2 Å². The second-order valence-electron chi connectivity index (χ2n) is 7.81. The Kier molecular flexibility index (Phi) is 7.28. The molecule has 1 N–H and O–H groups in total. The number of methoxy groups -OCH3 is 1. The molecule has 1 fully saturated rings. The Morgan fingerprint density at radius 2 is 1.67 bits per heavy atom. The van der Waals surface area contributed by atoms with Crippen molar-refractivity contribution in [2.24, 2.45) is 11.8 Å². The predicted molar refractivity (Wildman–Crippen MR) is 107 cm³/mol. The van der Waals surface area contributed by atoms with Gasteiger partial charge in [-0.15, -0.1) is 0 Å². The fraction of sp³-hybridized carbons (Fsp3) is 0.650. The zero-order chi connectivity index (χ0) is 20.2. The second-order valence-corrected chi connectivity index (χ2v) is 9.75. The lowest BCUT2D eigenvalue weighted by Gasteiger charge is -2.27. The summed E-state index contributed by atoms with van der Waals surface area (Å²) in [5.41, 5.74) is 0.252. The molecule has 6 nitrogen and oxygen atoms in total. The van der Waals surface area contributed by atoms with Gasteiger partial charge < -0.3 is 10.1 Å². The molecule has 0 aliphatic carbocycles. The Morgan fingerprint density at radius 1 is 1.07 bits per heavy atom. The lowest BCUT2D eigenvalue weighted by Crippen LogP contribution is -2.42. The van der Waals surface area contributed by atoms with Crippen molar-refractivity contribution >= 4 is 15.9 Å². The maximum atomic E-state index is 13.0. The summed E-state index contributed by atoms with van der Waals surface area (Å²) in [6.07, 6.45) is 2.79. The highest BCUT2D eigenvalue weighted by molar-refractivity contribution is 7.89. The summed E-state index contributed by atoms with van der Waals surface area (Å²) in [4.78, 5) is 13.0. The number of carbonyl (C=O) groups excluding carboxylic acids is 1. The van der Waals surface area contributed by atoms with Crippen molar-refractivity contribution in [2.75, 3.05) is 20.2 Å². The zero-order valence-corrected chi connectivity index (χ0v) is 17.8. The number of hydrogen-bond acceptors (Lipinski definition) is 4. The molecule has 0 atom stereocenters. The number of nitrogens with one attached hydrogen (secondary N) is 1. The average Bonchev–Trinajstić information content (AvgIpc) is 2.65. The van der Waals surface area contributed by atoms with Gasteiger partial charge in [0.25, 0.3) is 5.91 Å². The average molecular weight is 397 g/mol. The normalized spacial score (nSPS) is 16.1. The highest BCUT2D eigenvalue weighted by Crippen LogP contribution is 2.27. The van der Waals surface area contributed by atoms with Gasteiger partial charge in [-0.1, -0.05) is 34.1 Å². The number of hydrogen-bond donors (Lipinski definition) is 1. The van der Waals surface area contributed by atoms with E-state index in [1.54, 1.807) is 6.07 Å². The van der Waals surface area contributed by atoms with E-state index in [9.17, 15) is 13.2 Å². The molecule has 2 rings (SSSR count). The molecule has 152 valence electrons. The van der Waals surface area contributed by atoms with Crippen LogP contribution in [0.15, 0.2) is 23.1 Å². The molecule has 0 spiro atoms. The lowest BCUT2D eigenvalue weighted by atomic mass is 9.93. The van der Waals surface area contributed by atoms with E-state index in [1.165, 1.54) is 23.5 Å². The van der Waals surface area contributed by atoms with Crippen LogP contribution in [0.4, 0.5) is 0 Å². The van der Waals surface area contributed by atoms with Gasteiger partial charge in [-0.05, 0) is 42.9 Å². The fourth-order valence-electron chi connectivity index (χ4n) is 3.61. The van der Waals surface area contributed by atoms with E-state index < -0.39 is 10.0 Å². The van der Waals surface area contributed by atoms with Crippen molar-refractivity contribution in [3.8, 4) is 5.75 Å². The van der Waals surface area contributed by atoms with Crippen LogP contribution in [0.3, 0.4) is 0 Å². The first-order valence-electron chi connectivity index (χ1n) is 9.67. The van der Waals surface area contributed by atoms with Gasteiger partial charge in [-0.2, -0.15) is 4.31 Å². The van der Waals surface area contributed by atoms with Gasteiger partial charge in [0, 0.05) is 19.1 Å². The molecular formula is C20H32N2O4S. The van der Waals surface area contributed by atoms with Gasteiger partial charge in [-0.3, -0.25) is 4.79 Å². The number of rotatable bonds is 7. The van der Waals surface area contributed by atoms with E-state index in [4.69, 9.17) is 4.74 Å². The van der Waals surface area contributed by atoms with Gasteiger partial charge >= 0.3 is 0 Å². The SMILES string of the molecule is COc1ccc(S(=O)(=O)N2CCCCC2)cc1C(=O)NC(C(C)C)C(C)C. The first kappa shape index (κ1) is 21.7. The van der Waals surface area contributed by atoms with Crippen LogP contribution >= 0.6 is 0 Å². The molecule has 0 aromatic heterocycles. The summed E-state index contributed by atoms with van der Waals surface area (Å²) >= 11 is 0. The Morgan fingerprint density at radius 3 is 2.19 bits per heavy atom. The number of piperidine rings is 1. The molecule has 1 aromatic rings. The minimum Gasteiger partial charge on any atom is -0.496 e. The molecule has 0 bridgehead atoms. The van der Waals surface area contributed by atoms with Crippen molar-refractivity contribution in [1.29, 1.82) is 0 Å². The number of nitrogens with zero attached hydrogens (tertiary/aromatic N) is 1. The molecule has 0 unspecified atom stereocenters. The summed E-state index contributed by atoms with van der Waals surface area (Å²) in [7, 11) is -2.13. The summed E-state index contributed by atoms with van der Waals surface area (Å²) in [6.45, 7) is 9.27. The van der Waals surface area contributed by atoms with Crippen LogP contribution in [0.25, 0.3) is 0 Å². The van der Waals surface area contributed by atoms with Gasteiger partial charge in [0.2, 0.25) is 10.0 Å². The smallest absolute Gasteiger partial charge is 0.255 e. The summed E-state index contributed by atoms with van der Waals surface area (Å²) in [5.74, 6) is 0.590. The Labute approximate surface area is 163 Å². The van der Waals surface area contributed by atoms with Crippen molar-refractivity contribution in [3.05, 3.63) is 23.8 Å². The minimum atomic E-state index is -3.61. The van der Waals surface area contributed by atoms with Crippen LogP contribution in [-0.4, -0.2) is 44.9 Å². The van der Waals surface area contributed by atoms with Crippen molar-refractivity contribution < 1.29 is 17.9 Å². The van der Waals surface area contributed by atoms with Gasteiger partial charge in [0.1, 0.15) is 5.75 Å². The minimum absolute atomic E-state index is 0.00966. The van der Waals surface area contributed by atoms with Crippen LogP contribution in [0.1, 0.15) is 57.3 Å². The van der Waals surface area contributed by atoms with Crippen LogP contribution in [0, 0.1) is 11.8 Å².